The van der Waals surface area contributed by atoms with Gasteiger partial charge in [-0.1, -0.05) is 12.1 Å². The van der Waals surface area contributed by atoms with Crippen molar-refractivity contribution < 1.29 is 23.7 Å². The Morgan fingerprint density at radius 2 is 2.08 bits per heavy atom. The molecule has 7 nitrogen and oxygen atoms in total. The molecule has 2 aromatic rings. The first kappa shape index (κ1) is 17.6. The van der Waals surface area contributed by atoms with Crippen molar-refractivity contribution in [1.29, 1.82) is 0 Å². The molecule has 3 rings (SSSR count). The maximum Gasteiger partial charge on any atom is 0.284 e. The van der Waals surface area contributed by atoms with Crippen LogP contribution in [0, 0.1) is 0 Å². The maximum absolute atomic E-state index is 12.2. The van der Waals surface area contributed by atoms with Gasteiger partial charge >= 0.3 is 0 Å². The van der Waals surface area contributed by atoms with Crippen LogP contribution in [0.4, 0.5) is 0 Å². The van der Waals surface area contributed by atoms with Gasteiger partial charge in [-0.15, -0.1) is 0 Å². The van der Waals surface area contributed by atoms with Gasteiger partial charge in [0.25, 0.3) is 5.91 Å². The highest BCUT2D eigenvalue weighted by atomic mass is 16.6. The Labute approximate surface area is 151 Å². The highest BCUT2D eigenvalue weighted by Gasteiger charge is 2.26. The van der Waals surface area contributed by atoms with Gasteiger partial charge in [0.2, 0.25) is 6.10 Å². The van der Waals surface area contributed by atoms with Gasteiger partial charge in [-0.25, -0.2) is 5.43 Å². The summed E-state index contributed by atoms with van der Waals surface area (Å²) in [6.45, 7) is 2.58. The van der Waals surface area contributed by atoms with Crippen LogP contribution < -0.4 is 24.4 Å². The van der Waals surface area contributed by atoms with E-state index in [1.807, 2.05) is 25.1 Å². The zero-order chi connectivity index (χ0) is 18.4. The number of hydrogen-bond donors (Lipinski definition) is 1. The Bertz CT molecular complexity index is 806. The summed E-state index contributed by atoms with van der Waals surface area (Å²) in [5.74, 6) is 2.04. The number of hydrogen-bond acceptors (Lipinski definition) is 6. The molecule has 1 atom stereocenters. The van der Waals surface area contributed by atoms with E-state index in [-0.39, 0.29) is 12.5 Å². The molecule has 7 heteroatoms. The first-order chi connectivity index (χ1) is 12.7. The van der Waals surface area contributed by atoms with Crippen molar-refractivity contribution in [3.63, 3.8) is 0 Å². The number of rotatable bonds is 6. The molecule has 0 saturated carbocycles. The van der Waals surface area contributed by atoms with E-state index in [9.17, 15) is 4.79 Å². The van der Waals surface area contributed by atoms with Gasteiger partial charge in [0.15, 0.2) is 23.0 Å². The molecule has 0 bridgehead atoms. The third kappa shape index (κ3) is 4.05. The number of nitrogens with one attached hydrogen (secondary N) is 1. The Morgan fingerprint density at radius 3 is 2.85 bits per heavy atom. The smallest absolute Gasteiger partial charge is 0.284 e. The predicted molar refractivity (Wildman–Crippen MR) is 96.3 cm³/mol. The Balaban J connectivity index is 1.59. The molecule has 2 aromatic carbocycles. The number of ether oxygens (including phenoxy) is 4. The molecule has 26 heavy (non-hydrogen) atoms. The molecule has 0 aromatic heterocycles. The largest absolute Gasteiger partial charge is 0.493 e. The molecule has 0 fully saturated rings. The molecule has 0 unspecified atom stereocenters. The molecular weight excluding hydrogens is 336 g/mol. The van der Waals surface area contributed by atoms with Crippen LogP contribution in [0.3, 0.4) is 0 Å². The molecule has 0 spiro atoms. The SMILES string of the molecule is CCOc1ccc(C=NNC(=O)[C@H]2COc3ccccc3O2)cc1OC. The van der Waals surface area contributed by atoms with Crippen LogP contribution >= 0.6 is 0 Å². The van der Waals surface area contributed by atoms with E-state index in [4.69, 9.17) is 18.9 Å². The summed E-state index contributed by atoms with van der Waals surface area (Å²) in [6.07, 6.45) is 0.769. The lowest BCUT2D eigenvalue weighted by Gasteiger charge is -2.24. The van der Waals surface area contributed by atoms with Crippen LogP contribution in [0.1, 0.15) is 12.5 Å². The average Bonchev–Trinajstić information content (AvgIpc) is 2.68. The second-order valence-corrected chi connectivity index (χ2v) is 5.44. The van der Waals surface area contributed by atoms with Gasteiger partial charge in [0, 0.05) is 0 Å². The number of benzene rings is 2. The predicted octanol–water partition coefficient (Wildman–Crippen LogP) is 2.38. The Kier molecular flexibility index (Phi) is 5.58. The summed E-state index contributed by atoms with van der Waals surface area (Å²) >= 11 is 0. The molecule has 1 aliphatic heterocycles. The molecule has 1 aliphatic rings. The van der Waals surface area contributed by atoms with Crippen molar-refractivity contribution >= 4 is 12.1 Å². The minimum absolute atomic E-state index is 0.134. The fourth-order valence-corrected chi connectivity index (χ4v) is 2.43. The molecule has 0 saturated heterocycles. The van der Waals surface area contributed by atoms with E-state index in [0.29, 0.717) is 29.6 Å². The van der Waals surface area contributed by atoms with Crippen molar-refractivity contribution in [1.82, 2.24) is 5.43 Å². The standard InChI is InChI=1S/C19H20N2O5/c1-3-24-15-9-8-13(10-17(15)23-2)11-20-21-19(22)18-12-25-14-6-4-5-7-16(14)26-18/h4-11,18H,3,12H2,1-2H3,(H,21,22)/t18-/m1/s1. The quantitative estimate of drug-likeness (QED) is 0.635. The summed E-state index contributed by atoms with van der Waals surface area (Å²) < 4.78 is 21.9. The highest BCUT2D eigenvalue weighted by molar-refractivity contribution is 5.85. The molecular formula is C19H20N2O5. The second kappa shape index (κ2) is 8.24. The molecule has 1 amide bonds. The molecule has 136 valence electrons. The van der Waals surface area contributed by atoms with E-state index in [1.165, 1.54) is 6.21 Å². The van der Waals surface area contributed by atoms with Gasteiger partial charge < -0.3 is 18.9 Å². The number of carbonyl (C=O) groups excluding carboxylic acids is 1. The molecule has 1 heterocycles. The summed E-state index contributed by atoms with van der Waals surface area (Å²) in [7, 11) is 1.57. The van der Waals surface area contributed by atoms with Gasteiger partial charge in [0.1, 0.15) is 6.61 Å². The van der Waals surface area contributed by atoms with Crippen molar-refractivity contribution in [2.45, 2.75) is 13.0 Å². The number of fused-ring (bicyclic) bond motifs is 1. The first-order valence-corrected chi connectivity index (χ1v) is 8.23. The van der Waals surface area contributed by atoms with Crippen LogP contribution in [0.15, 0.2) is 47.6 Å². The third-order valence-electron chi connectivity index (χ3n) is 3.68. The number of nitrogens with zero attached hydrogens (tertiary/aromatic N) is 1. The highest BCUT2D eigenvalue weighted by Crippen LogP contribution is 2.31. The van der Waals surface area contributed by atoms with Crippen LogP contribution in [-0.2, 0) is 4.79 Å². The minimum Gasteiger partial charge on any atom is -0.493 e. The van der Waals surface area contributed by atoms with E-state index >= 15 is 0 Å². The maximum atomic E-state index is 12.2. The normalized spacial score (nSPS) is 15.5. The molecule has 0 radical (unpaired) electrons. The zero-order valence-corrected chi connectivity index (χ0v) is 14.6. The van der Waals surface area contributed by atoms with Crippen LogP contribution in [-0.4, -0.2) is 38.5 Å². The summed E-state index contributed by atoms with van der Waals surface area (Å²) in [5, 5.41) is 3.97. The van der Waals surface area contributed by atoms with Gasteiger partial charge in [-0.2, -0.15) is 5.10 Å². The van der Waals surface area contributed by atoms with Crippen LogP contribution in [0.25, 0.3) is 0 Å². The summed E-state index contributed by atoms with van der Waals surface area (Å²) in [6, 6.07) is 12.6. The van der Waals surface area contributed by atoms with Crippen LogP contribution in [0.5, 0.6) is 23.0 Å². The van der Waals surface area contributed by atoms with Crippen molar-refractivity contribution in [3.8, 4) is 23.0 Å². The van der Waals surface area contributed by atoms with Crippen molar-refractivity contribution in [2.24, 2.45) is 5.10 Å². The Hall–Kier alpha value is -3.22. The minimum atomic E-state index is -0.753. The van der Waals surface area contributed by atoms with Crippen molar-refractivity contribution in [2.75, 3.05) is 20.3 Å². The average molecular weight is 356 g/mol. The lowest BCUT2D eigenvalue weighted by Crippen LogP contribution is -2.42. The monoisotopic (exact) mass is 356 g/mol. The lowest BCUT2D eigenvalue weighted by molar-refractivity contribution is -0.130. The topological polar surface area (TPSA) is 78.4 Å². The first-order valence-electron chi connectivity index (χ1n) is 8.23. The summed E-state index contributed by atoms with van der Waals surface area (Å²) in [5.41, 5.74) is 3.22. The number of methoxy groups -OCH3 is 1. The van der Waals surface area contributed by atoms with Crippen molar-refractivity contribution in [3.05, 3.63) is 48.0 Å². The fourth-order valence-electron chi connectivity index (χ4n) is 2.43. The Morgan fingerprint density at radius 1 is 1.27 bits per heavy atom. The number of hydrazone groups is 1. The second-order valence-electron chi connectivity index (χ2n) is 5.44. The molecule has 1 N–H and O–H groups in total. The van der Waals surface area contributed by atoms with E-state index in [2.05, 4.69) is 10.5 Å². The summed E-state index contributed by atoms with van der Waals surface area (Å²) in [4.78, 5) is 12.2. The van der Waals surface area contributed by atoms with Gasteiger partial charge in [-0.05, 0) is 42.8 Å². The number of amides is 1. The number of carbonyl (C=O) groups is 1. The van der Waals surface area contributed by atoms with E-state index < -0.39 is 6.10 Å². The van der Waals surface area contributed by atoms with E-state index in [1.54, 1.807) is 31.4 Å². The number of para-hydroxylation sites is 2. The fraction of sp³-hybridized carbons (Fsp3) is 0.263. The third-order valence-corrected chi connectivity index (χ3v) is 3.68. The lowest BCUT2D eigenvalue weighted by atomic mass is 10.2. The van der Waals surface area contributed by atoms with Crippen LogP contribution in [0.2, 0.25) is 0 Å². The van der Waals surface area contributed by atoms with Gasteiger partial charge in [0.05, 0.1) is 19.9 Å². The van der Waals surface area contributed by atoms with E-state index in [0.717, 1.165) is 5.56 Å². The zero-order valence-electron chi connectivity index (χ0n) is 14.6. The molecule has 0 aliphatic carbocycles. The van der Waals surface area contributed by atoms with Gasteiger partial charge in [-0.3, -0.25) is 4.79 Å².